The van der Waals surface area contributed by atoms with Gasteiger partial charge < -0.3 is 14.2 Å². The van der Waals surface area contributed by atoms with Gasteiger partial charge in [-0.3, -0.25) is 14.5 Å². The summed E-state index contributed by atoms with van der Waals surface area (Å²) in [6, 6.07) is 25.5. The zero-order valence-corrected chi connectivity index (χ0v) is 19.5. The fraction of sp³-hybridized carbons (Fsp3) is 0.179. The predicted octanol–water partition coefficient (Wildman–Crippen LogP) is 5.51. The Morgan fingerprint density at radius 1 is 1.00 bits per heavy atom. The highest BCUT2D eigenvalue weighted by Crippen LogP contribution is 2.43. The molecule has 2 atom stereocenters. The van der Waals surface area contributed by atoms with Crippen LogP contribution in [0.1, 0.15) is 45.9 Å². The molecule has 2 heterocycles. The van der Waals surface area contributed by atoms with Crippen molar-refractivity contribution in [1.29, 1.82) is 0 Å². The SMILES string of the molecule is COc1cccc(C(=O)N2c3ccccc3[C@H](N(C(=O)c3ccno3)c3ccccc3)C[C@@H]2C)c1. The van der Waals surface area contributed by atoms with Crippen LogP contribution in [0.15, 0.2) is 95.6 Å². The third kappa shape index (κ3) is 4.17. The fourth-order valence-electron chi connectivity index (χ4n) is 4.70. The summed E-state index contributed by atoms with van der Waals surface area (Å²) in [6.07, 6.45) is 2.00. The van der Waals surface area contributed by atoms with E-state index >= 15 is 0 Å². The van der Waals surface area contributed by atoms with E-state index in [9.17, 15) is 9.59 Å². The van der Waals surface area contributed by atoms with E-state index in [-0.39, 0.29) is 29.7 Å². The predicted molar refractivity (Wildman–Crippen MR) is 133 cm³/mol. The van der Waals surface area contributed by atoms with Crippen LogP contribution in [0.5, 0.6) is 5.75 Å². The topological polar surface area (TPSA) is 75.9 Å². The normalized spacial score (nSPS) is 16.9. The molecule has 0 spiro atoms. The van der Waals surface area contributed by atoms with Crippen LogP contribution in [-0.2, 0) is 0 Å². The number of carbonyl (C=O) groups excluding carboxylic acids is 2. The Bertz CT molecular complexity index is 1340. The number of methoxy groups -OCH3 is 1. The summed E-state index contributed by atoms with van der Waals surface area (Å²) in [5, 5.41) is 3.72. The van der Waals surface area contributed by atoms with Crippen molar-refractivity contribution in [2.75, 3.05) is 16.9 Å². The van der Waals surface area contributed by atoms with Gasteiger partial charge in [-0.1, -0.05) is 47.6 Å². The summed E-state index contributed by atoms with van der Waals surface area (Å²) in [6.45, 7) is 2.00. The molecule has 7 heteroatoms. The van der Waals surface area contributed by atoms with Crippen molar-refractivity contribution < 1.29 is 18.8 Å². The van der Waals surface area contributed by atoms with Crippen LogP contribution in [-0.4, -0.2) is 30.1 Å². The maximum atomic E-state index is 13.7. The largest absolute Gasteiger partial charge is 0.497 e. The lowest BCUT2D eigenvalue weighted by atomic mass is 9.89. The van der Waals surface area contributed by atoms with Crippen molar-refractivity contribution in [3.8, 4) is 5.75 Å². The van der Waals surface area contributed by atoms with Gasteiger partial charge in [-0.2, -0.15) is 0 Å². The molecule has 35 heavy (non-hydrogen) atoms. The highest BCUT2D eigenvalue weighted by molar-refractivity contribution is 6.08. The monoisotopic (exact) mass is 467 g/mol. The number of anilines is 2. The molecule has 0 saturated heterocycles. The summed E-state index contributed by atoms with van der Waals surface area (Å²) in [7, 11) is 1.58. The Morgan fingerprint density at radius 2 is 1.77 bits per heavy atom. The van der Waals surface area contributed by atoms with E-state index in [2.05, 4.69) is 5.16 Å². The van der Waals surface area contributed by atoms with Crippen LogP contribution in [0, 0.1) is 0 Å². The molecule has 0 unspecified atom stereocenters. The maximum Gasteiger partial charge on any atom is 0.297 e. The zero-order valence-electron chi connectivity index (χ0n) is 19.5. The van der Waals surface area contributed by atoms with Crippen LogP contribution in [0.3, 0.4) is 0 Å². The van der Waals surface area contributed by atoms with E-state index in [1.54, 1.807) is 30.2 Å². The van der Waals surface area contributed by atoms with Crippen molar-refractivity contribution in [1.82, 2.24) is 5.16 Å². The molecule has 0 aliphatic carbocycles. The number of para-hydroxylation sites is 2. The Labute approximate surface area is 203 Å². The number of amides is 2. The van der Waals surface area contributed by atoms with Crippen molar-refractivity contribution in [3.63, 3.8) is 0 Å². The second-order valence-corrected chi connectivity index (χ2v) is 8.45. The molecule has 0 saturated carbocycles. The Hall–Kier alpha value is -4.39. The number of aromatic nitrogens is 1. The van der Waals surface area contributed by atoms with E-state index in [0.29, 0.717) is 17.7 Å². The van der Waals surface area contributed by atoms with Crippen LogP contribution in [0.4, 0.5) is 11.4 Å². The first kappa shape index (κ1) is 22.4. The second kappa shape index (κ2) is 9.46. The van der Waals surface area contributed by atoms with Gasteiger partial charge in [0.05, 0.1) is 19.3 Å². The van der Waals surface area contributed by atoms with Crippen LogP contribution in [0.2, 0.25) is 0 Å². The Balaban J connectivity index is 1.59. The lowest BCUT2D eigenvalue weighted by Gasteiger charge is -2.43. The number of hydrogen-bond donors (Lipinski definition) is 0. The van der Waals surface area contributed by atoms with Crippen LogP contribution >= 0.6 is 0 Å². The number of fused-ring (bicyclic) bond motifs is 1. The van der Waals surface area contributed by atoms with Crippen molar-refractivity contribution in [3.05, 3.63) is 108 Å². The van der Waals surface area contributed by atoms with Crippen molar-refractivity contribution >= 4 is 23.2 Å². The average Bonchev–Trinajstić information content (AvgIpc) is 3.44. The number of nitrogens with zero attached hydrogens (tertiary/aromatic N) is 3. The van der Waals surface area contributed by atoms with Gasteiger partial charge in [-0.25, -0.2) is 0 Å². The summed E-state index contributed by atoms with van der Waals surface area (Å²) in [4.78, 5) is 30.8. The molecule has 0 fully saturated rings. The second-order valence-electron chi connectivity index (χ2n) is 8.45. The zero-order chi connectivity index (χ0) is 24.4. The highest BCUT2D eigenvalue weighted by atomic mass is 16.5. The molecule has 1 aliphatic rings. The third-order valence-corrected chi connectivity index (χ3v) is 6.31. The molecule has 5 rings (SSSR count). The molecular weight excluding hydrogens is 442 g/mol. The van der Waals surface area contributed by atoms with Gasteiger partial charge in [0, 0.05) is 29.0 Å². The van der Waals surface area contributed by atoms with Gasteiger partial charge in [-0.05, 0) is 55.3 Å². The first-order valence-corrected chi connectivity index (χ1v) is 11.4. The highest BCUT2D eigenvalue weighted by Gasteiger charge is 2.39. The van der Waals surface area contributed by atoms with E-state index in [1.807, 2.05) is 78.6 Å². The van der Waals surface area contributed by atoms with E-state index < -0.39 is 0 Å². The number of carbonyl (C=O) groups is 2. The lowest BCUT2D eigenvalue weighted by molar-refractivity contribution is 0.0935. The molecule has 7 nitrogen and oxygen atoms in total. The van der Waals surface area contributed by atoms with Gasteiger partial charge >= 0.3 is 0 Å². The van der Waals surface area contributed by atoms with E-state index in [0.717, 1.165) is 16.9 Å². The minimum atomic E-state index is -0.310. The minimum absolute atomic E-state index is 0.116. The molecule has 1 aromatic heterocycles. The van der Waals surface area contributed by atoms with Gasteiger partial charge in [0.2, 0.25) is 5.76 Å². The molecule has 3 aromatic carbocycles. The molecule has 0 bridgehead atoms. The number of benzene rings is 3. The lowest BCUT2D eigenvalue weighted by Crippen LogP contribution is -2.47. The van der Waals surface area contributed by atoms with E-state index in [1.165, 1.54) is 6.20 Å². The van der Waals surface area contributed by atoms with Crippen LogP contribution in [0.25, 0.3) is 0 Å². The molecular formula is C28H25N3O4. The molecule has 1 aliphatic heterocycles. The van der Waals surface area contributed by atoms with Gasteiger partial charge in [0.1, 0.15) is 5.75 Å². The quantitative estimate of drug-likeness (QED) is 0.387. The molecule has 0 radical (unpaired) electrons. The molecule has 176 valence electrons. The fourth-order valence-corrected chi connectivity index (χ4v) is 4.70. The number of rotatable bonds is 5. The van der Waals surface area contributed by atoms with Gasteiger partial charge in [0.25, 0.3) is 11.8 Å². The summed E-state index contributed by atoms with van der Waals surface area (Å²) in [5.74, 6) is 0.386. The van der Waals surface area contributed by atoms with Crippen molar-refractivity contribution in [2.24, 2.45) is 0 Å². The molecule has 0 N–H and O–H groups in total. The first-order chi connectivity index (χ1) is 17.1. The molecule has 4 aromatic rings. The summed E-state index contributed by atoms with van der Waals surface area (Å²) >= 11 is 0. The summed E-state index contributed by atoms with van der Waals surface area (Å²) in [5.41, 5.74) is 2.95. The van der Waals surface area contributed by atoms with Gasteiger partial charge in [-0.15, -0.1) is 0 Å². The third-order valence-electron chi connectivity index (χ3n) is 6.31. The molecule has 2 amide bonds. The summed E-state index contributed by atoms with van der Waals surface area (Å²) < 4.78 is 10.5. The maximum absolute atomic E-state index is 13.7. The number of ether oxygens (including phenoxy) is 1. The number of hydrogen-bond acceptors (Lipinski definition) is 5. The minimum Gasteiger partial charge on any atom is -0.497 e. The average molecular weight is 468 g/mol. The first-order valence-electron chi connectivity index (χ1n) is 11.4. The van der Waals surface area contributed by atoms with Crippen LogP contribution < -0.4 is 14.5 Å². The van der Waals surface area contributed by atoms with Gasteiger partial charge in [0.15, 0.2) is 0 Å². The van der Waals surface area contributed by atoms with Crippen molar-refractivity contribution in [2.45, 2.75) is 25.4 Å². The van der Waals surface area contributed by atoms with E-state index in [4.69, 9.17) is 9.26 Å². The Morgan fingerprint density at radius 3 is 2.51 bits per heavy atom. The smallest absolute Gasteiger partial charge is 0.297 e. The Kier molecular flexibility index (Phi) is 6.06. The standard InChI is InChI=1S/C28H25N3O4/c1-19-17-25(31(21-10-4-3-5-11-21)28(33)26-15-16-29-35-26)23-13-6-7-14-24(23)30(19)27(32)20-9-8-12-22(18-20)34-2/h3-16,18-19,25H,17H2,1-2H3/t19-,25+/m0/s1.